The van der Waals surface area contributed by atoms with Crippen LogP contribution in [0.25, 0.3) is 0 Å². The Bertz CT molecular complexity index is 935. The van der Waals surface area contributed by atoms with E-state index in [-0.39, 0.29) is 23.8 Å². The number of benzene rings is 2. The lowest BCUT2D eigenvalue weighted by molar-refractivity contribution is -0.130. The monoisotopic (exact) mass is 443 g/mol. The first kappa shape index (κ1) is 21.9. The molecule has 0 saturated carbocycles. The second-order valence-electron chi connectivity index (χ2n) is 7.99. The first-order valence-corrected chi connectivity index (χ1v) is 10.9. The molecular formula is C23H27F2N5O2. The third-order valence-electron chi connectivity index (χ3n) is 5.85. The van der Waals surface area contributed by atoms with E-state index in [1.165, 1.54) is 0 Å². The van der Waals surface area contributed by atoms with Gasteiger partial charge in [0.2, 0.25) is 5.91 Å². The van der Waals surface area contributed by atoms with Crippen LogP contribution >= 0.6 is 0 Å². The molecule has 170 valence electrons. The number of nitrogens with one attached hydrogen (secondary N) is 2. The lowest BCUT2D eigenvalue weighted by atomic mass is 10.2. The highest BCUT2D eigenvalue weighted by Crippen LogP contribution is 2.29. The fourth-order valence-electron chi connectivity index (χ4n) is 4.18. The molecular weight excluding hydrogens is 416 g/mol. The number of hydrogen-bond acceptors (Lipinski definition) is 4. The van der Waals surface area contributed by atoms with E-state index in [1.807, 2.05) is 30.3 Å². The molecule has 0 spiro atoms. The highest BCUT2D eigenvalue weighted by atomic mass is 19.1. The Hall–Kier alpha value is -3.36. The molecule has 2 saturated heterocycles. The van der Waals surface area contributed by atoms with Crippen LogP contribution in [0.15, 0.2) is 42.5 Å². The molecule has 4 rings (SSSR count). The van der Waals surface area contributed by atoms with Gasteiger partial charge in [-0.1, -0.05) is 18.2 Å². The minimum Gasteiger partial charge on any atom is -0.368 e. The van der Waals surface area contributed by atoms with Gasteiger partial charge in [-0.2, -0.15) is 0 Å². The standard InChI is InChI=1S/C23H27F2N5O2/c24-19-14-17(15-20(25)22(19)30-8-4-5-9-30)27-23(32)26-16-21(31)29-12-10-28(11-13-29)18-6-2-1-3-7-18/h1-3,6-7,14-15H,4-5,8-13,16H2,(H2,26,27,32). The predicted octanol–water partition coefficient (Wildman–Crippen LogP) is 3.04. The SMILES string of the molecule is O=C(NCC(=O)N1CCN(c2ccccc2)CC1)Nc1cc(F)c(N2CCCC2)c(F)c1. The first-order valence-electron chi connectivity index (χ1n) is 10.9. The van der Waals surface area contributed by atoms with Crippen molar-refractivity contribution in [3.63, 3.8) is 0 Å². The van der Waals surface area contributed by atoms with Crippen molar-refractivity contribution < 1.29 is 18.4 Å². The lowest BCUT2D eigenvalue weighted by Gasteiger charge is -2.36. The molecule has 2 aliphatic rings. The topological polar surface area (TPSA) is 67.9 Å². The lowest BCUT2D eigenvalue weighted by Crippen LogP contribution is -2.51. The Balaban J connectivity index is 1.25. The van der Waals surface area contributed by atoms with Crippen molar-refractivity contribution in [3.8, 4) is 0 Å². The third-order valence-corrected chi connectivity index (χ3v) is 5.85. The number of carbonyl (C=O) groups excluding carboxylic acids is 2. The molecule has 0 unspecified atom stereocenters. The fraction of sp³-hybridized carbons (Fsp3) is 0.391. The molecule has 32 heavy (non-hydrogen) atoms. The average molecular weight is 443 g/mol. The molecule has 2 aromatic rings. The number of halogens is 2. The minimum absolute atomic E-state index is 0.00405. The number of rotatable bonds is 5. The number of piperazine rings is 1. The summed E-state index contributed by atoms with van der Waals surface area (Å²) in [6, 6.07) is 11.5. The first-order chi connectivity index (χ1) is 15.5. The van der Waals surface area contributed by atoms with Crippen LogP contribution in [0.5, 0.6) is 0 Å². The van der Waals surface area contributed by atoms with Gasteiger partial charge in [-0.15, -0.1) is 0 Å². The number of carbonyl (C=O) groups is 2. The summed E-state index contributed by atoms with van der Waals surface area (Å²) in [6.45, 7) is 3.59. The molecule has 7 nitrogen and oxygen atoms in total. The number of anilines is 3. The summed E-state index contributed by atoms with van der Waals surface area (Å²) in [6.07, 6.45) is 1.80. The van der Waals surface area contributed by atoms with Gasteiger partial charge in [0.15, 0.2) is 11.6 Å². The molecule has 2 aliphatic heterocycles. The van der Waals surface area contributed by atoms with Crippen molar-refractivity contribution >= 4 is 29.0 Å². The summed E-state index contributed by atoms with van der Waals surface area (Å²) < 4.78 is 28.8. The molecule has 2 heterocycles. The van der Waals surface area contributed by atoms with E-state index in [0.29, 0.717) is 39.3 Å². The Kier molecular flexibility index (Phi) is 6.72. The van der Waals surface area contributed by atoms with E-state index in [2.05, 4.69) is 15.5 Å². The van der Waals surface area contributed by atoms with Crippen molar-refractivity contribution in [1.82, 2.24) is 10.2 Å². The van der Waals surface area contributed by atoms with Gasteiger partial charge in [-0.3, -0.25) is 4.79 Å². The molecule has 2 aromatic carbocycles. The number of para-hydroxylation sites is 1. The van der Waals surface area contributed by atoms with Crippen LogP contribution in [0.4, 0.5) is 30.6 Å². The van der Waals surface area contributed by atoms with Gasteiger partial charge < -0.3 is 25.3 Å². The van der Waals surface area contributed by atoms with Gasteiger partial charge in [0.25, 0.3) is 0 Å². The van der Waals surface area contributed by atoms with E-state index < -0.39 is 17.7 Å². The van der Waals surface area contributed by atoms with E-state index >= 15 is 0 Å². The molecule has 0 aliphatic carbocycles. The van der Waals surface area contributed by atoms with E-state index in [1.54, 1.807) is 9.80 Å². The molecule has 0 bridgehead atoms. The van der Waals surface area contributed by atoms with Crippen molar-refractivity contribution in [2.75, 3.05) is 60.9 Å². The average Bonchev–Trinajstić information content (AvgIpc) is 3.32. The summed E-state index contributed by atoms with van der Waals surface area (Å²) in [7, 11) is 0. The number of nitrogens with zero attached hydrogens (tertiary/aromatic N) is 3. The van der Waals surface area contributed by atoms with Crippen LogP contribution in [0.3, 0.4) is 0 Å². The molecule has 0 radical (unpaired) electrons. The molecule has 2 N–H and O–H groups in total. The van der Waals surface area contributed by atoms with Crippen LogP contribution in [0.2, 0.25) is 0 Å². The zero-order valence-electron chi connectivity index (χ0n) is 17.8. The maximum absolute atomic E-state index is 14.4. The normalized spacial score (nSPS) is 16.2. The summed E-state index contributed by atoms with van der Waals surface area (Å²) in [4.78, 5) is 30.2. The maximum atomic E-state index is 14.4. The van der Waals surface area contributed by atoms with Gasteiger partial charge in [0.1, 0.15) is 5.69 Å². The third kappa shape index (κ3) is 5.09. The smallest absolute Gasteiger partial charge is 0.319 e. The summed E-state index contributed by atoms with van der Waals surface area (Å²) >= 11 is 0. The zero-order chi connectivity index (χ0) is 22.5. The van der Waals surface area contributed by atoms with Crippen LogP contribution in [0.1, 0.15) is 12.8 Å². The van der Waals surface area contributed by atoms with Crippen molar-refractivity contribution in [2.24, 2.45) is 0 Å². The number of urea groups is 1. The fourth-order valence-corrected chi connectivity index (χ4v) is 4.18. The number of amides is 3. The summed E-state index contributed by atoms with van der Waals surface area (Å²) in [5.41, 5.74) is 1.06. The van der Waals surface area contributed by atoms with Crippen molar-refractivity contribution in [1.29, 1.82) is 0 Å². The second-order valence-corrected chi connectivity index (χ2v) is 7.99. The summed E-state index contributed by atoms with van der Waals surface area (Å²) in [5, 5.41) is 4.87. The molecule has 9 heteroatoms. The van der Waals surface area contributed by atoms with Crippen LogP contribution < -0.4 is 20.4 Å². The summed E-state index contributed by atoms with van der Waals surface area (Å²) in [5.74, 6) is -1.63. The largest absolute Gasteiger partial charge is 0.368 e. The van der Waals surface area contributed by atoms with Crippen LogP contribution in [0, 0.1) is 11.6 Å². The Morgan fingerprint density at radius 2 is 1.47 bits per heavy atom. The Morgan fingerprint density at radius 1 is 0.844 bits per heavy atom. The minimum atomic E-state index is -0.713. The van der Waals surface area contributed by atoms with E-state index in [9.17, 15) is 18.4 Å². The zero-order valence-corrected chi connectivity index (χ0v) is 17.8. The van der Waals surface area contributed by atoms with E-state index in [4.69, 9.17) is 0 Å². The molecule has 2 fully saturated rings. The second kappa shape index (κ2) is 9.84. The van der Waals surface area contributed by atoms with Gasteiger partial charge >= 0.3 is 6.03 Å². The van der Waals surface area contributed by atoms with E-state index in [0.717, 1.165) is 30.7 Å². The Morgan fingerprint density at radius 3 is 2.09 bits per heavy atom. The molecule has 0 atom stereocenters. The van der Waals surface area contributed by atoms with Crippen molar-refractivity contribution in [2.45, 2.75) is 12.8 Å². The Labute approximate surface area is 186 Å². The van der Waals surface area contributed by atoms with Gasteiger partial charge in [0, 0.05) is 50.6 Å². The highest BCUT2D eigenvalue weighted by Gasteiger charge is 2.23. The number of hydrogen-bond donors (Lipinski definition) is 2. The van der Waals surface area contributed by atoms with Crippen molar-refractivity contribution in [3.05, 3.63) is 54.1 Å². The van der Waals surface area contributed by atoms with Crippen LogP contribution in [-0.2, 0) is 4.79 Å². The van der Waals surface area contributed by atoms with Crippen LogP contribution in [-0.4, -0.2) is 62.7 Å². The highest BCUT2D eigenvalue weighted by molar-refractivity contribution is 5.92. The van der Waals surface area contributed by atoms with Gasteiger partial charge in [-0.05, 0) is 37.1 Å². The quantitative estimate of drug-likeness (QED) is 0.746. The van der Waals surface area contributed by atoms with Gasteiger partial charge in [0.05, 0.1) is 6.54 Å². The molecule has 3 amide bonds. The van der Waals surface area contributed by atoms with Gasteiger partial charge in [-0.25, -0.2) is 13.6 Å². The predicted molar refractivity (Wildman–Crippen MR) is 120 cm³/mol. The maximum Gasteiger partial charge on any atom is 0.319 e. The molecule has 0 aromatic heterocycles.